The molecule has 2 heterocycles. The van der Waals surface area contributed by atoms with E-state index in [4.69, 9.17) is 0 Å². The van der Waals surface area contributed by atoms with Crippen molar-refractivity contribution in [2.45, 2.75) is 0 Å². The fourth-order valence-corrected chi connectivity index (χ4v) is 0.345. The molecule has 1 aliphatic heterocycles. The van der Waals surface area contributed by atoms with Crippen LogP contribution >= 0.6 is 0 Å². The molecule has 10 heavy (non-hydrogen) atoms. The number of allylic oxidation sites excluding steroid dienone is 1. The Kier molecular flexibility index (Phi) is 2.82. The van der Waals surface area contributed by atoms with Gasteiger partial charge in [0.1, 0.15) is 6.26 Å². The van der Waals surface area contributed by atoms with Gasteiger partial charge in [-0.15, -0.1) is 0 Å². The minimum absolute atomic E-state index is 1.46. The van der Waals surface area contributed by atoms with Crippen molar-refractivity contribution in [3.05, 3.63) is 31.1 Å². The Morgan fingerprint density at radius 3 is 2.60 bits per heavy atom. The first-order valence-electron chi connectivity index (χ1n) is 2.64. The molecule has 4 heteroatoms. The third kappa shape index (κ3) is 2.66. The highest BCUT2D eigenvalue weighted by molar-refractivity contribution is 5.72. The van der Waals surface area contributed by atoms with Crippen molar-refractivity contribution in [3.63, 3.8) is 0 Å². The van der Waals surface area contributed by atoms with Crippen LogP contribution in [0.1, 0.15) is 0 Å². The molecular weight excluding hydrogens is 130 g/mol. The van der Waals surface area contributed by atoms with Crippen LogP contribution in [0, 0.1) is 6.39 Å². The van der Waals surface area contributed by atoms with Crippen molar-refractivity contribution in [2.24, 2.45) is 5.10 Å². The largest absolute Gasteiger partial charge is 0.441 e. The highest BCUT2D eigenvalue weighted by Gasteiger charge is 1.72. The first kappa shape index (κ1) is 6.54. The van der Waals surface area contributed by atoms with Crippen molar-refractivity contribution in [1.29, 1.82) is 0 Å². The highest BCUT2D eigenvalue weighted by Crippen LogP contribution is 1.73. The minimum Gasteiger partial charge on any atom is -0.441 e. The van der Waals surface area contributed by atoms with Crippen molar-refractivity contribution >= 4 is 6.21 Å². The maximum absolute atomic E-state index is 4.35. The summed E-state index contributed by atoms with van der Waals surface area (Å²) in [6.07, 6.45) is 10.3. The van der Waals surface area contributed by atoms with Crippen LogP contribution in [0.5, 0.6) is 0 Å². The first-order valence-corrected chi connectivity index (χ1v) is 2.64. The molecule has 0 N–H and O–H groups in total. The van der Waals surface area contributed by atoms with Gasteiger partial charge in [-0.3, -0.25) is 0 Å². The summed E-state index contributed by atoms with van der Waals surface area (Å²) in [5, 5.41) is 3.47. The normalized spacial score (nSPS) is 12.0. The van der Waals surface area contributed by atoms with E-state index >= 15 is 0 Å². The van der Waals surface area contributed by atoms with Gasteiger partial charge in [0, 0.05) is 0 Å². The molecule has 50 valence electrons. The molecule has 4 nitrogen and oxygen atoms in total. The van der Waals surface area contributed by atoms with E-state index in [2.05, 4.69) is 26.3 Å². The van der Waals surface area contributed by atoms with E-state index in [1.165, 1.54) is 12.5 Å². The zero-order valence-electron chi connectivity index (χ0n) is 5.14. The number of aromatic nitrogens is 1. The Hall–Kier alpha value is -1.58. The summed E-state index contributed by atoms with van der Waals surface area (Å²) < 4.78 is 4.35. The van der Waals surface area contributed by atoms with Crippen LogP contribution in [0.3, 0.4) is 0 Å². The summed E-state index contributed by atoms with van der Waals surface area (Å²) in [6.45, 7) is 0. The summed E-state index contributed by atoms with van der Waals surface area (Å²) >= 11 is 0. The van der Waals surface area contributed by atoms with Crippen LogP contribution < -0.4 is 5.43 Å². The van der Waals surface area contributed by atoms with E-state index in [1.807, 2.05) is 0 Å². The molecule has 2 rings (SSSR count). The van der Waals surface area contributed by atoms with Crippen LogP contribution in [0.25, 0.3) is 0 Å². The molecule has 1 aromatic rings. The fraction of sp³-hybridized carbons (Fsp3) is 0. The second kappa shape index (κ2) is 4.31. The van der Waals surface area contributed by atoms with Gasteiger partial charge < -0.3 is 4.42 Å². The predicted molar refractivity (Wildman–Crippen MR) is 35.1 cm³/mol. The SMILES string of the molecule is C1=C[N]N=C1.[c]1ncco1. The lowest BCUT2D eigenvalue weighted by molar-refractivity contribution is 0.548. The van der Waals surface area contributed by atoms with Gasteiger partial charge in [-0.05, 0) is 6.08 Å². The average Bonchev–Trinajstić information content (AvgIpc) is 2.67. The zero-order valence-corrected chi connectivity index (χ0v) is 5.14. The third-order valence-electron chi connectivity index (χ3n) is 0.681. The third-order valence-corrected chi connectivity index (χ3v) is 0.681. The van der Waals surface area contributed by atoms with Crippen LogP contribution in [0.2, 0.25) is 0 Å². The van der Waals surface area contributed by atoms with Gasteiger partial charge in [0.2, 0.25) is 0 Å². The van der Waals surface area contributed by atoms with Gasteiger partial charge in [-0.2, -0.15) is 10.5 Å². The predicted octanol–water partition coefficient (Wildman–Crippen LogP) is 0.579. The van der Waals surface area contributed by atoms with Crippen LogP contribution in [0.15, 0.2) is 34.3 Å². The second-order valence-electron chi connectivity index (χ2n) is 1.34. The van der Waals surface area contributed by atoms with Crippen LogP contribution in [-0.2, 0) is 0 Å². The van der Waals surface area contributed by atoms with Crippen LogP contribution in [-0.4, -0.2) is 11.2 Å². The van der Waals surface area contributed by atoms with E-state index in [9.17, 15) is 0 Å². The molecule has 0 saturated heterocycles. The smallest absolute Gasteiger partial charge is 0.283 e. The summed E-state index contributed by atoms with van der Waals surface area (Å²) in [7, 11) is 0. The summed E-state index contributed by atoms with van der Waals surface area (Å²) in [5.74, 6) is 0. The molecule has 0 amide bonds. The quantitative estimate of drug-likeness (QED) is 0.522. The van der Waals surface area contributed by atoms with Crippen molar-refractivity contribution in [3.8, 4) is 0 Å². The Morgan fingerprint density at radius 1 is 1.40 bits per heavy atom. The number of hydrogen-bond donors (Lipinski definition) is 0. The molecule has 0 unspecified atom stereocenters. The number of hydrogen-bond acceptors (Lipinski definition) is 3. The Bertz CT molecular complexity index is 176. The van der Waals surface area contributed by atoms with Crippen molar-refractivity contribution in [1.82, 2.24) is 10.4 Å². The number of nitrogens with zero attached hydrogens (tertiary/aromatic N) is 3. The fourth-order valence-electron chi connectivity index (χ4n) is 0.345. The van der Waals surface area contributed by atoms with Crippen LogP contribution in [0.4, 0.5) is 0 Å². The monoisotopic (exact) mass is 135 g/mol. The molecule has 0 spiro atoms. The molecule has 0 aromatic carbocycles. The topological polar surface area (TPSA) is 52.5 Å². The molecule has 1 aromatic heterocycles. The lowest BCUT2D eigenvalue weighted by Gasteiger charge is -1.62. The van der Waals surface area contributed by atoms with E-state index in [1.54, 1.807) is 18.5 Å². The zero-order chi connectivity index (χ0) is 7.07. The van der Waals surface area contributed by atoms with Crippen molar-refractivity contribution in [2.75, 3.05) is 0 Å². The Morgan fingerprint density at radius 2 is 2.40 bits per heavy atom. The van der Waals surface area contributed by atoms with Gasteiger partial charge in [-0.1, -0.05) is 0 Å². The van der Waals surface area contributed by atoms with E-state index in [0.717, 1.165) is 0 Å². The molecule has 0 aliphatic carbocycles. The maximum atomic E-state index is 4.35. The molecule has 0 saturated carbocycles. The molecular formula is C6H5N3O. The van der Waals surface area contributed by atoms with Gasteiger partial charge in [0.15, 0.2) is 0 Å². The molecule has 0 bridgehead atoms. The summed E-state index contributed by atoms with van der Waals surface area (Å²) in [5.41, 5.74) is 3.47. The molecule has 0 fully saturated rings. The first-order chi connectivity index (χ1) is 5.00. The van der Waals surface area contributed by atoms with Gasteiger partial charge in [0.05, 0.1) is 18.6 Å². The van der Waals surface area contributed by atoms with Gasteiger partial charge >= 0.3 is 0 Å². The lowest BCUT2D eigenvalue weighted by atomic mass is 10.7. The van der Waals surface area contributed by atoms with E-state index < -0.39 is 0 Å². The minimum atomic E-state index is 1.46. The Labute approximate surface area is 58.3 Å². The van der Waals surface area contributed by atoms with Gasteiger partial charge in [0.25, 0.3) is 6.39 Å². The van der Waals surface area contributed by atoms with Crippen molar-refractivity contribution < 1.29 is 4.42 Å². The Balaban J connectivity index is 0.0000001000. The molecule has 1 aliphatic rings. The highest BCUT2D eigenvalue weighted by atomic mass is 16.3. The van der Waals surface area contributed by atoms with Gasteiger partial charge in [-0.25, -0.2) is 4.98 Å². The standard InChI is InChI=1S/C3H3N2.C3H2NO/c1-2-4-5-3-1;1-2-5-3-4-1/h1-3H;1-2H. The van der Waals surface area contributed by atoms with E-state index in [0.29, 0.717) is 0 Å². The number of rotatable bonds is 0. The summed E-state index contributed by atoms with van der Waals surface area (Å²) in [4.78, 5) is 3.43. The van der Waals surface area contributed by atoms with E-state index in [-0.39, 0.29) is 0 Å². The summed E-state index contributed by atoms with van der Waals surface area (Å²) in [6, 6.07) is 0. The maximum Gasteiger partial charge on any atom is 0.283 e. The molecule has 0 atom stereocenters. The lowest BCUT2D eigenvalue weighted by Crippen LogP contribution is -1.69. The second-order valence-corrected chi connectivity index (χ2v) is 1.34. The average molecular weight is 135 g/mol. The number of oxazole rings is 1. The molecule has 2 radical (unpaired) electrons.